The summed E-state index contributed by atoms with van der Waals surface area (Å²) in [6, 6.07) is 15.8. The van der Waals surface area contributed by atoms with Gasteiger partial charge in [0.1, 0.15) is 0 Å². The highest BCUT2D eigenvalue weighted by molar-refractivity contribution is 7.98. The van der Waals surface area contributed by atoms with Crippen LogP contribution in [0.4, 0.5) is 13.2 Å². The molecule has 0 saturated carbocycles. The number of carbonyl (C=O) groups excluding carboxylic acids is 1. The SMILES string of the molecule is O=C(c1ccccc1CSc1nnc(-c2cccnc2)n1-c1cccc(C(F)(F)F)c1)N1CCOCC1. The Balaban J connectivity index is 1.49. The first-order valence-electron chi connectivity index (χ1n) is 11.5. The van der Waals surface area contributed by atoms with E-state index >= 15 is 0 Å². The van der Waals surface area contributed by atoms with Crippen LogP contribution in [0.1, 0.15) is 21.5 Å². The number of thioether (sulfide) groups is 1. The molecule has 0 unspecified atom stereocenters. The highest BCUT2D eigenvalue weighted by Gasteiger charge is 2.31. The number of rotatable bonds is 6. The maximum Gasteiger partial charge on any atom is 0.416 e. The predicted octanol–water partition coefficient (Wildman–Crippen LogP) is 5.11. The van der Waals surface area contributed by atoms with Crippen molar-refractivity contribution >= 4 is 17.7 Å². The van der Waals surface area contributed by atoms with Crippen LogP contribution in [0.15, 0.2) is 78.2 Å². The van der Waals surface area contributed by atoms with Gasteiger partial charge in [-0.25, -0.2) is 0 Å². The van der Waals surface area contributed by atoms with Gasteiger partial charge in [0.05, 0.1) is 24.5 Å². The maximum atomic E-state index is 13.5. The Kier molecular flexibility index (Phi) is 7.24. The fourth-order valence-corrected chi connectivity index (χ4v) is 4.99. The molecular weight excluding hydrogens is 503 g/mol. The summed E-state index contributed by atoms with van der Waals surface area (Å²) in [6.45, 7) is 2.05. The first-order valence-corrected chi connectivity index (χ1v) is 12.5. The van der Waals surface area contributed by atoms with Crippen molar-refractivity contribution in [2.45, 2.75) is 17.1 Å². The van der Waals surface area contributed by atoms with E-state index in [2.05, 4.69) is 15.2 Å². The molecule has 0 atom stereocenters. The number of hydrogen-bond donors (Lipinski definition) is 0. The van der Waals surface area contributed by atoms with E-state index in [1.165, 1.54) is 17.8 Å². The number of nitrogens with zero attached hydrogens (tertiary/aromatic N) is 5. The zero-order valence-corrected chi connectivity index (χ0v) is 20.4. The maximum absolute atomic E-state index is 13.5. The van der Waals surface area contributed by atoms with Gasteiger partial charge >= 0.3 is 6.18 Å². The summed E-state index contributed by atoms with van der Waals surface area (Å²) in [5.41, 5.74) is 1.49. The third-order valence-electron chi connectivity index (χ3n) is 5.89. The molecule has 4 aromatic rings. The number of pyridine rings is 1. The van der Waals surface area contributed by atoms with Crippen LogP contribution in [0.5, 0.6) is 0 Å². The third-order valence-corrected chi connectivity index (χ3v) is 6.87. The fourth-order valence-electron chi connectivity index (χ4n) is 4.03. The Hall–Kier alpha value is -3.70. The minimum atomic E-state index is -4.50. The molecule has 1 aliphatic heterocycles. The van der Waals surface area contributed by atoms with E-state index in [0.717, 1.165) is 17.7 Å². The Bertz CT molecular complexity index is 1390. The highest BCUT2D eigenvalue weighted by Crippen LogP contribution is 2.34. The molecule has 7 nitrogen and oxygen atoms in total. The number of amides is 1. The van der Waals surface area contributed by atoms with Crippen LogP contribution in [0.3, 0.4) is 0 Å². The average Bonchev–Trinajstić information content (AvgIpc) is 3.36. The summed E-state index contributed by atoms with van der Waals surface area (Å²) in [4.78, 5) is 19.0. The van der Waals surface area contributed by atoms with E-state index in [9.17, 15) is 18.0 Å². The molecule has 0 radical (unpaired) electrons. The molecule has 0 aliphatic carbocycles. The minimum Gasteiger partial charge on any atom is -0.378 e. The molecule has 3 heterocycles. The number of aromatic nitrogens is 4. The standard InChI is InChI=1S/C26H22F3N5O2S/c27-26(28,29)20-7-3-8-21(15-20)34-23(18-6-4-10-30-16-18)31-32-25(34)37-17-19-5-1-2-9-22(19)24(35)33-11-13-36-14-12-33/h1-10,15-16H,11-14,17H2. The second-order valence-corrected chi connectivity index (χ2v) is 9.22. The first kappa shape index (κ1) is 25.0. The largest absolute Gasteiger partial charge is 0.416 e. The van der Waals surface area contributed by atoms with Crippen LogP contribution < -0.4 is 0 Å². The predicted molar refractivity (Wildman–Crippen MR) is 132 cm³/mol. The average molecular weight is 526 g/mol. The Morgan fingerprint density at radius 1 is 1.00 bits per heavy atom. The van der Waals surface area contributed by atoms with E-state index in [-0.39, 0.29) is 11.6 Å². The topological polar surface area (TPSA) is 73.1 Å². The van der Waals surface area contributed by atoms with Crippen LogP contribution in [-0.4, -0.2) is 56.9 Å². The van der Waals surface area contributed by atoms with Gasteiger partial charge in [-0.1, -0.05) is 36.0 Å². The summed E-state index contributed by atoms with van der Waals surface area (Å²) in [7, 11) is 0. The first-order chi connectivity index (χ1) is 17.9. The lowest BCUT2D eigenvalue weighted by Gasteiger charge is -2.27. The molecule has 1 amide bonds. The van der Waals surface area contributed by atoms with Gasteiger partial charge in [0, 0.05) is 42.4 Å². The van der Waals surface area contributed by atoms with E-state index < -0.39 is 11.7 Å². The van der Waals surface area contributed by atoms with E-state index in [0.29, 0.717) is 54.2 Å². The molecule has 0 spiro atoms. The van der Waals surface area contributed by atoms with Crippen molar-refractivity contribution < 1.29 is 22.7 Å². The number of halogens is 3. The van der Waals surface area contributed by atoms with E-state index in [1.807, 2.05) is 18.2 Å². The molecular formula is C26H22F3N5O2S. The van der Waals surface area contributed by atoms with Crippen molar-refractivity contribution in [3.05, 3.63) is 89.7 Å². The summed E-state index contributed by atoms with van der Waals surface area (Å²) in [6.07, 6.45) is -1.31. The quantitative estimate of drug-likeness (QED) is 0.326. The minimum absolute atomic E-state index is 0.0742. The normalized spacial score (nSPS) is 14.1. The van der Waals surface area contributed by atoms with Crippen LogP contribution >= 0.6 is 11.8 Å². The van der Waals surface area contributed by atoms with Gasteiger partial charge in [-0.05, 0) is 42.0 Å². The second-order valence-electron chi connectivity index (χ2n) is 8.28. The van der Waals surface area contributed by atoms with Crippen LogP contribution in [-0.2, 0) is 16.7 Å². The van der Waals surface area contributed by atoms with Gasteiger partial charge in [-0.2, -0.15) is 13.2 Å². The molecule has 190 valence electrons. The lowest BCUT2D eigenvalue weighted by Crippen LogP contribution is -2.41. The van der Waals surface area contributed by atoms with E-state index in [1.54, 1.807) is 46.1 Å². The van der Waals surface area contributed by atoms with Crippen molar-refractivity contribution in [2.24, 2.45) is 0 Å². The molecule has 5 rings (SSSR count). The smallest absolute Gasteiger partial charge is 0.378 e. The van der Waals surface area contributed by atoms with Gasteiger partial charge in [0.15, 0.2) is 11.0 Å². The molecule has 0 bridgehead atoms. The number of ether oxygens (including phenoxy) is 1. The van der Waals surface area contributed by atoms with Crippen LogP contribution in [0.2, 0.25) is 0 Å². The second kappa shape index (κ2) is 10.7. The van der Waals surface area contributed by atoms with Gasteiger partial charge < -0.3 is 9.64 Å². The molecule has 1 saturated heterocycles. The third kappa shape index (κ3) is 5.52. The number of benzene rings is 2. The number of hydrogen-bond acceptors (Lipinski definition) is 6. The Labute approximate surface area is 215 Å². The van der Waals surface area contributed by atoms with Crippen molar-refractivity contribution in [1.82, 2.24) is 24.6 Å². The van der Waals surface area contributed by atoms with Crippen molar-refractivity contribution in [3.8, 4) is 17.1 Å². The van der Waals surface area contributed by atoms with Crippen molar-refractivity contribution in [2.75, 3.05) is 26.3 Å². The molecule has 37 heavy (non-hydrogen) atoms. The van der Waals surface area contributed by atoms with Crippen LogP contribution in [0, 0.1) is 0 Å². The summed E-state index contributed by atoms with van der Waals surface area (Å²) in [5, 5.41) is 8.97. The lowest BCUT2D eigenvalue weighted by molar-refractivity contribution is -0.137. The Morgan fingerprint density at radius 2 is 1.81 bits per heavy atom. The monoisotopic (exact) mass is 525 g/mol. The fraction of sp³-hybridized carbons (Fsp3) is 0.231. The van der Waals surface area contributed by atoms with Gasteiger partial charge in [0.25, 0.3) is 5.91 Å². The zero-order chi connectivity index (χ0) is 25.8. The van der Waals surface area contributed by atoms with E-state index in [4.69, 9.17) is 4.74 Å². The summed E-state index contributed by atoms with van der Waals surface area (Å²) >= 11 is 1.29. The Morgan fingerprint density at radius 3 is 2.57 bits per heavy atom. The van der Waals surface area contributed by atoms with Gasteiger partial charge in [-0.15, -0.1) is 10.2 Å². The van der Waals surface area contributed by atoms with Crippen molar-refractivity contribution in [1.29, 1.82) is 0 Å². The highest BCUT2D eigenvalue weighted by atomic mass is 32.2. The molecule has 2 aromatic carbocycles. The molecule has 2 aromatic heterocycles. The van der Waals surface area contributed by atoms with Gasteiger partial charge in [0.2, 0.25) is 0 Å². The number of carbonyl (C=O) groups is 1. The zero-order valence-electron chi connectivity index (χ0n) is 19.6. The number of morpholine rings is 1. The molecule has 0 N–H and O–H groups in total. The summed E-state index contributed by atoms with van der Waals surface area (Å²) in [5.74, 6) is 0.665. The molecule has 1 fully saturated rings. The van der Waals surface area contributed by atoms with Gasteiger partial charge in [-0.3, -0.25) is 14.3 Å². The van der Waals surface area contributed by atoms with Crippen LogP contribution in [0.25, 0.3) is 17.1 Å². The molecule has 1 aliphatic rings. The number of alkyl halides is 3. The lowest BCUT2D eigenvalue weighted by atomic mass is 10.1. The summed E-state index contributed by atoms with van der Waals surface area (Å²) < 4.78 is 47.4. The molecule has 11 heteroatoms. The van der Waals surface area contributed by atoms with Crippen molar-refractivity contribution in [3.63, 3.8) is 0 Å².